The SMILES string of the molecule is CCCOC1OCCCC1CCC. The van der Waals surface area contributed by atoms with Gasteiger partial charge in [-0.2, -0.15) is 0 Å². The van der Waals surface area contributed by atoms with E-state index in [9.17, 15) is 0 Å². The summed E-state index contributed by atoms with van der Waals surface area (Å²) in [5, 5.41) is 0. The van der Waals surface area contributed by atoms with Gasteiger partial charge in [0.2, 0.25) is 0 Å². The molecule has 0 aromatic heterocycles. The van der Waals surface area contributed by atoms with Gasteiger partial charge < -0.3 is 9.47 Å². The summed E-state index contributed by atoms with van der Waals surface area (Å²) in [4.78, 5) is 0. The molecular formula is C11H22O2. The van der Waals surface area contributed by atoms with E-state index in [0.29, 0.717) is 5.92 Å². The highest BCUT2D eigenvalue weighted by molar-refractivity contribution is 4.67. The lowest BCUT2D eigenvalue weighted by Crippen LogP contribution is -2.32. The smallest absolute Gasteiger partial charge is 0.160 e. The molecule has 1 aliphatic heterocycles. The molecule has 1 rings (SSSR count). The zero-order valence-electron chi connectivity index (χ0n) is 8.92. The summed E-state index contributed by atoms with van der Waals surface area (Å²) in [6.07, 6.45) is 6.14. The van der Waals surface area contributed by atoms with Gasteiger partial charge in [-0.15, -0.1) is 0 Å². The minimum Gasteiger partial charge on any atom is -0.352 e. The molecular weight excluding hydrogens is 164 g/mol. The first-order chi connectivity index (χ1) is 6.38. The molecule has 0 saturated carbocycles. The molecule has 0 amide bonds. The third-order valence-corrected chi connectivity index (χ3v) is 2.53. The van der Waals surface area contributed by atoms with Crippen LogP contribution in [0.4, 0.5) is 0 Å². The molecule has 2 nitrogen and oxygen atoms in total. The van der Waals surface area contributed by atoms with Gasteiger partial charge in [0.1, 0.15) is 0 Å². The number of hydrogen-bond acceptors (Lipinski definition) is 2. The standard InChI is InChI=1S/C11H22O2/c1-3-6-10-7-5-9-13-11(10)12-8-4-2/h10-11H,3-9H2,1-2H3. The van der Waals surface area contributed by atoms with Gasteiger partial charge in [0.15, 0.2) is 6.29 Å². The summed E-state index contributed by atoms with van der Waals surface area (Å²) in [6.45, 7) is 6.09. The van der Waals surface area contributed by atoms with Gasteiger partial charge in [-0.25, -0.2) is 0 Å². The Kier molecular flexibility index (Phi) is 5.40. The minimum atomic E-state index is 0.0913. The summed E-state index contributed by atoms with van der Waals surface area (Å²) in [5.74, 6) is 0.644. The molecule has 1 saturated heterocycles. The van der Waals surface area contributed by atoms with Crippen LogP contribution in [0.15, 0.2) is 0 Å². The van der Waals surface area contributed by atoms with Crippen molar-refractivity contribution in [3.05, 3.63) is 0 Å². The maximum atomic E-state index is 5.68. The van der Waals surface area contributed by atoms with Gasteiger partial charge in [0.25, 0.3) is 0 Å². The Balaban J connectivity index is 2.28. The second-order valence-electron chi connectivity index (χ2n) is 3.80. The fourth-order valence-electron chi connectivity index (χ4n) is 1.89. The van der Waals surface area contributed by atoms with Gasteiger partial charge in [0, 0.05) is 19.1 Å². The summed E-state index contributed by atoms with van der Waals surface area (Å²) in [5.41, 5.74) is 0. The van der Waals surface area contributed by atoms with Crippen LogP contribution in [-0.4, -0.2) is 19.5 Å². The van der Waals surface area contributed by atoms with Gasteiger partial charge in [-0.3, -0.25) is 0 Å². The average Bonchev–Trinajstić information content (AvgIpc) is 2.17. The Morgan fingerprint density at radius 2 is 2.15 bits per heavy atom. The molecule has 0 radical (unpaired) electrons. The van der Waals surface area contributed by atoms with E-state index in [2.05, 4.69) is 13.8 Å². The second-order valence-corrected chi connectivity index (χ2v) is 3.80. The van der Waals surface area contributed by atoms with E-state index in [1.807, 2.05) is 0 Å². The first-order valence-electron chi connectivity index (χ1n) is 5.61. The van der Waals surface area contributed by atoms with Crippen LogP contribution in [0.2, 0.25) is 0 Å². The molecule has 78 valence electrons. The van der Waals surface area contributed by atoms with Crippen LogP contribution in [-0.2, 0) is 9.47 Å². The molecule has 1 heterocycles. The van der Waals surface area contributed by atoms with Crippen molar-refractivity contribution in [2.24, 2.45) is 5.92 Å². The fourth-order valence-corrected chi connectivity index (χ4v) is 1.89. The summed E-state index contributed by atoms with van der Waals surface area (Å²) in [7, 11) is 0. The fraction of sp³-hybridized carbons (Fsp3) is 1.00. The molecule has 0 aromatic rings. The van der Waals surface area contributed by atoms with Crippen molar-refractivity contribution in [2.45, 2.75) is 52.2 Å². The first-order valence-corrected chi connectivity index (χ1v) is 5.61. The van der Waals surface area contributed by atoms with E-state index in [1.54, 1.807) is 0 Å². The van der Waals surface area contributed by atoms with Crippen LogP contribution >= 0.6 is 0 Å². The third-order valence-electron chi connectivity index (χ3n) is 2.53. The lowest BCUT2D eigenvalue weighted by Gasteiger charge is -2.31. The molecule has 1 aliphatic rings. The van der Waals surface area contributed by atoms with Crippen LogP contribution in [0, 0.1) is 5.92 Å². The van der Waals surface area contributed by atoms with Crippen LogP contribution in [0.3, 0.4) is 0 Å². The lowest BCUT2D eigenvalue weighted by molar-refractivity contribution is -0.193. The molecule has 0 spiro atoms. The largest absolute Gasteiger partial charge is 0.352 e. The Morgan fingerprint density at radius 1 is 1.31 bits per heavy atom. The van der Waals surface area contributed by atoms with E-state index in [0.717, 1.165) is 19.6 Å². The minimum absolute atomic E-state index is 0.0913. The predicted octanol–water partition coefficient (Wildman–Crippen LogP) is 2.97. The quantitative estimate of drug-likeness (QED) is 0.657. The van der Waals surface area contributed by atoms with Crippen molar-refractivity contribution in [3.63, 3.8) is 0 Å². The average molecular weight is 186 g/mol. The van der Waals surface area contributed by atoms with Gasteiger partial charge in [0.05, 0.1) is 0 Å². The van der Waals surface area contributed by atoms with E-state index < -0.39 is 0 Å². The second kappa shape index (κ2) is 6.39. The molecule has 0 N–H and O–H groups in total. The van der Waals surface area contributed by atoms with Gasteiger partial charge in [-0.1, -0.05) is 20.3 Å². The van der Waals surface area contributed by atoms with Crippen molar-refractivity contribution < 1.29 is 9.47 Å². The molecule has 2 atom stereocenters. The monoisotopic (exact) mass is 186 g/mol. The van der Waals surface area contributed by atoms with Crippen molar-refractivity contribution >= 4 is 0 Å². The molecule has 1 fully saturated rings. The predicted molar refractivity (Wildman–Crippen MR) is 53.6 cm³/mol. The Hall–Kier alpha value is -0.0800. The Morgan fingerprint density at radius 3 is 2.85 bits per heavy atom. The summed E-state index contributed by atoms with van der Waals surface area (Å²) in [6, 6.07) is 0. The summed E-state index contributed by atoms with van der Waals surface area (Å²) >= 11 is 0. The van der Waals surface area contributed by atoms with Crippen molar-refractivity contribution in [1.82, 2.24) is 0 Å². The Bertz CT molecular complexity index is 123. The van der Waals surface area contributed by atoms with E-state index in [-0.39, 0.29) is 6.29 Å². The van der Waals surface area contributed by atoms with E-state index >= 15 is 0 Å². The highest BCUT2D eigenvalue weighted by atomic mass is 16.7. The molecule has 0 aliphatic carbocycles. The topological polar surface area (TPSA) is 18.5 Å². The van der Waals surface area contributed by atoms with Crippen molar-refractivity contribution in [3.8, 4) is 0 Å². The van der Waals surface area contributed by atoms with Crippen LogP contribution in [0.1, 0.15) is 46.0 Å². The number of ether oxygens (including phenoxy) is 2. The highest BCUT2D eigenvalue weighted by Gasteiger charge is 2.25. The zero-order valence-corrected chi connectivity index (χ0v) is 8.92. The number of hydrogen-bond donors (Lipinski definition) is 0. The highest BCUT2D eigenvalue weighted by Crippen LogP contribution is 2.25. The normalized spacial score (nSPS) is 29.1. The maximum Gasteiger partial charge on any atom is 0.160 e. The van der Waals surface area contributed by atoms with E-state index in [4.69, 9.17) is 9.47 Å². The van der Waals surface area contributed by atoms with Crippen LogP contribution < -0.4 is 0 Å². The third kappa shape index (κ3) is 3.65. The van der Waals surface area contributed by atoms with E-state index in [1.165, 1.54) is 25.7 Å². The zero-order chi connectivity index (χ0) is 9.52. The number of rotatable bonds is 5. The molecule has 13 heavy (non-hydrogen) atoms. The maximum absolute atomic E-state index is 5.68. The van der Waals surface area contributed by atoms with Crippen molar-refractivity contribution in [2.75, 3.05) is 13.2 Å². The molecule has 0 aromatic carbocycles. The molecule has 0 bridgehead atoms. The van der Waals surface area contributed by atoms with Crippen LogP contribution in [0.25, 0.3) is 0 Å². The lowest BCUT2D eigenvalue weighted by atomic mass is 9.95. The van der Waals surface area contributed by atoms with Crippen LogP contribution in [0.5, 0.6) is 0 Å². The van der Waals surface area contributed by atoms with Gasteiger partial charge >= 0.3 is 0 Å². The Labute approximate surface area is 81.6 Å². The molecule has 2 unspecified atom stereocenters. The van der Waals surface area contributed by atoms with Crippen molar-refractivity contribution in [1.29, 1.82) is 0 Å². The first kappa shape index (κ1) is 11.0. The summed E-state index contributed by atoms with van der Waals surface area (Å²) < 4.78 is 11.3. The molecule has 2 heteroatoms. The van der Waals surface area contributed by atoms with Gasteiger partial charge in [-0.05, 0) is 25.7 Å².